The Labute approximate surface area is 128 Å². The number of hydrogen-bond donors (Lipinski definition) is 1. The van der Waals surface area contributed by atoms with E-state index in [2.05, 4.69) is 23.7 Å². The van der Waals surface area contributed by atoms with Crippen LogP contribution in [0.1, 0.15) is 24.2 Å². The number of rotatable bonds is 2. The van der Waals surface area contributed by atoms with Crippen LogP contribution in [0.3, 0.4) is 0 Å². The van der Waals surface area contributed by atoms with Crippen molar-refractivity contribution in [1.29, 1.82) is 0 Å². The molecule has 1 aromatic carbocycles. The average molecular weight is 302 g/mol. The molecule has 1 aliphatic rings. The van der Waals surface area contributed by atoms with Gasteiger partial charge in [0, 0.05) is 29.0 Å². The Hall–Kier alpha value is -1.75. The van der Waals surface area contributed by atoms with E-state index in [9.17, 15) is 9.90 Å². The van der Waals surface area contributed by atoms with Crippen molar-refractivity contribution < 1.29 is 9.90 Å². The highest BCUT2D eigenvalue weighted by Crippen LogP contribution is 2.32. The van der Waals surface area contributed by atoms with Crippen LogP contribution in [0.15, 0.2) is 30.3 Å². The molecule has 2 aromatic rings. The number of aromatic carboxylic acids is 1. The third-order valence-electron chi connectivity index (χ3n) is 3.68. The first-order chi connectivity index (χ1) is 9.96. The zero-order chi connectivity index (χ0) is 15.0. The lowest BCUT2D eigenvalue weighted by Gasteiger charge is -2.38. The standard InChI is InChI=1S/C16H18N2O2S/c1-16(2)10-18(7-8-21-16)14-9-12(15(19)20)11-5-3-4-6-13(11)17-14/h3-6,9H,7-8,10H2,1-2H3,(H,19,20). The Kier molecular flexibility index (Phi) is 3.53. The summed E-state index contributed by atoms with van der Waals surface area (Å²) in [5.41, 5.74) is 1.06. The molecule has 0 unspecified atom stereocenters. The van der Waals surface area contributed by atoms with E-state index in [1.165, 1.54) is 0 Å². The van der Waals surface area contributed by atoms with Gasteiger partial charge in [-0.1, -0.05) is 18.2 Å². The highest BCUT2D eigenvalue weighted by Gasteiger charge is 2.28. The first-order valence-corrected chi connectivity index (χ1v) is 7.97. The van der Waals surface area contributed by atoms with Gasteiger partial charge in [0.05, 0.1) is 11.1 Å². The van der Waals surface area contributed by atoms with Crippen molar-refractivity contribution in [3.63, 3.8) is 0 Å². The zero-order valence-corrected chi connectivity index (χ0v) is 13.0. The topological polar surface area (TPSA) is 53.4 Å². The lowest BCUT2D eigenvalue weighted by Crippen LogP contribution is -2.43. The Morgan fingerprint density at radius 2 is 2.14 bits per heavy atom. The number of carboxylic acids is 1. The molecule has 4 nitrogen and oxygen atoms in total. The number of benzene rings is 1. The van der Waals surface area contributed by atoms with Crippen LogP contribution in [-0.4, -0.2) is 39.6 Å². The van der Waals surface area contributed by atoms with Gasteiger partial charge in [-0.15, -0.1) is 0 Å². The molecule has 1 fully saturated rings. The normalized spacial score (nSPS) is 17.9. The monoisotopic (exact) mass is 302 g/mol. The third-order valence-corrected chi connectivity index (χ3v) is 4.98. The summed E-state index contributed by atoms with van der Waals surface area (Å²) in [6.07, 6.45) is 0. The number of aromatic nitrogens is 1. The zero-order valence-electron chi connectivity index (χ0n) is 12.2. The molecule has 1 saturated heterocycles. The minimum absolute atomic E-state index is 0.162. The lowest BCUT2D eigenvalue weighted by molar-refractivity contribution is 0.0699. The van der Waals surface area contributed by atoms with Crippen LogP contribution >= 0.6 is 11.8 Å². The number of anilines is 1. The van der Waals surface area contributed by atoms with Crippen LogP contribution < -0.4 is 4.90 Å². The molecule has 21 heavy (non-hydrogen) atoms. The Morgan fingerprint density at radius 3 is 2.86 bits per heavy atom. The Morgan fingerprint density at radius 1 is 1.38 bits per heavy atom. The highest BCUT2D eigenvalue weighted by molar-refractivity contribution is 8.00. The summed E-state index contributed by atoms with van der Waals surface area (Å²) in [7, 11) is 0. The van der Waals surface area contributed by atoms with Crippen molar-refractivity contribution in [2.75, 3.05) is 23.7 Å². The van der Waals surface area contributed by atoms with Crippen LogP contribution in [0.5, 0.6) is 0 Å². The average Bonchev–Trinajstić information content (AvgIpc) is 2.45. The van der Waals surface area contributed by atoms with E-state index in [-0.39, 0.29) is 4.75 Å². The molecule has 3 rings (SSSR count). The maximum absolute atomic E-state index is 11.5. The van der Waals surface area contributed by atoms with Crippen molar-refractivity contribution in [1.82, 2.24) is 4.98 Å². The predicted octanol–water partition coefficient (Wildman–Crippen LogP) is 3.26. The minimum atomic E-state index is -0.902. The summed E-state index contributed by atoms with van der Waals surface area (Å²) in [6.45, 7) is 6.20. The van der Waals surface area contributed by atoms with Crippen molar-refractivity contribution in [2.24, 2.45) is 0 Å². The van der Waals surface area contributed by atoms with Crippen molar-refractivity contribution in [3.8, 4) is 0 Å². The number of hydrogen-bond acceptors (Lipinski definition) is 4. The van der Waals surface area contributed by atoms with E-state index < -0.39 is 5.97 Å². The van der Waals surface area contributed by atoms with Gasteiger partial charge in [-0.25, -0.2) is 9.78 Å². The van der Waals surface area contributed by atoms with E-state index in [0.29, 0.717) is 10.9 Å². The highest BCUT2D eigenvalue weighted by atomic mass is 32.2. The molecule has 110 valence electrons. The third kappa shape index (κ3) is 2.83. The molecular weight excluding hydrogens is 284 g/mol. The summed E-state index contributed by atoms with van der Waals surface area (Å²) >= 11 is 1.95. The quantitative estimate of drug-likeness (QED) is 0.922. The largest absolute Gasteiger partial charge is 0.478 e. The van der Waals surface area contributed by atoms with Gasteiger partial charge in [0.15, 0.2) is 0 Å². The summed E-state index contributed by atoms with van der Waals surface area (Å²) in [6, 6.07) is 9.12. The summed E-state index contributed by atoms with van der Waals surface area (Å²) in [4.78, 5) is 18.4. The van der Waals surface area contributed by atoms with Crippen LogP contribution in [0, 0.1) is 0 Å². The van der Waals surface area contributed by atoms with Crippen molar-refractivity contribution >= 4 is 34.5 Å². The molecule has 0 saturated carbocycles. The molecule has 0 radical (unpaired) electrons. The predicted molar refractivity (Wildman–Crippen MR) is 87.5 cm³/mol. The van der Waals surface area contributed by atoms with Gasteiger partial charge in [-0.3, -0.25) is 0 Å². The van der Waals surface area contributed by atoms with Gasteiger partial charge in [0.25, 0.3) is 0 Å². The lowest BCUT2D eigenvalue weighted by atomic mass is 10.1. The van der Waals surface area contributed by atoms with Crippen molar-refractivity contribution in [3.05, 3.63) is 35.9 Å². The van der Waals surface area contributed by atoms with E-state index >= 15 is 0 Å². The number of fused-ring (bicyclic) bond motifs is 1. The number of nitrogens with zero attached hydrogens (tertiary/aromatic N) is 2. The first-order valence-electron chi connectivity index (χ1n) is 6.98. The fraction of sp³-hybridized carbons (Fsp3) is 0.375. The van der Waals surface area contributed by atoms with Gasteiger partial charge in [0.2, 0.25) is 0 Å². The minimum Gasteiger partial charge on any atom is -0.478 e. The molecule has 5 heteroatoms. The summed E-state index contributed by atoms with van der Waals surface area (Å²) < 4.78 is 0.162. The Balaban J connectivity index is 2.09. The first kappa shape index (κ1) is 14.2. The van der Waals surface area contributed by atoms with Crippen molar-refractivity contribution in [2.45, 2.75) is 18.6 Å². The van der Waals surface area contributed by atoms with Gasteiger partial charge >= 0.3 is 5.97 Å². The van der Waals surface area contributed by atoms with Gasteiger partial charge in [-0.2, -0.15) is 11.8 Å². The number of thioether (sulfide) groups is 1. The van der Waals surface area contributed by atoms with Crippen LogP contribution in [-0.2, 0) is 0 Å². The molecule has 0 amide bonds. The maximum atomic E-state index is 11.5. The van der Waals surface area contributed by atoms with Gasteiger partial charge < -0.3 is 10.0 Å². The molecule has 0 atom stereocenters. The van der Waals surface area contributed by atoms with E-state index in [1.54, 1.807) is 6.07 Å². The maximum Gasteiger partial charge on any atom is 0.336 e. The Bertz CT molecular complexity index is 700. The molecular formula is C16H18N2O2S. The van der Waals surface area contributed by atoms with Gasteiger partial charge in [0.1, 0.15) is 5.82 Å². The van der Waals surface area contributed by atoms with Crippen LogP contribution in [0.4, 0.5) is 5.82 Å². The van der Waals surface area contributed by atoms with Gasteiger partial charge in [-0.05, 0) is 26.0 Å². The fourth-order valence-electron chi connectivity index (χ4n) is 2.71. The van der Waals surface area contributed by atoms with E-state index in [0.717, 1.165) is 30.2 Å². The number of pyridine rings is 1. The number of carboxylic acid groups (broad SMARTS) is 1. The molecule has 2 heterocycles. The molecule has 1 aromatic heterocycles. The molecule has 1 aliphatic heterocycles. The SMILES string of the molecule is CC1(C)CN(c2cc(C(=O)O)c3ccccc3n2)CCS1. The summed E-state index contributed by atoms with van der Waals surface area (Å²) in [5.74, 6) is 0.893. The van der Waals surface area contributed by atoms with E-state index in [4.69, 9.17) is 0 Å². The smallest absolute Gasteiger partial charge is 0.336 e. The van der Waals surface area contributed by atoms with E-state index in [1.807, 2.05) is 36.0 Å². The van der Waals surface area contributed by atoms with Crippen LogP contribution in [0.2, 0.25) is 0 Å². The fourth-order valence-corrected chi connectivity index (χ4v) is 3.82. The number of carbonyl (C=O) groups is 1. The molecule has 0 bridgehead atoms. The molecule has 0 spiro atoms. The molecule has 1 N–H and O–H groups in total. The summed E-state index contributed by atoms with van der Waals surface area (Å²) in [5, 5.41) is 10.2. The molecule has 0 aliphatic carbocycles. The second kappa shape index (κ2) is 5.22. The second-order valence-electron chi connectivity index (χ2n) is 5.88. The second-order valence-corrected chi connectivity index (χ2v) is 7.68. The number of para-hydroxylation sites is 1. The van der Waals surface area contributed by atoms with Crippen LogP contribution in [0.25, 0.3) is 10.9 Å².